The zero-order chi connectivity index (χ0) is 52.0. The molecule has 8 rings (SSSR count). The summed E-state index contributed by atoms with van der Waals surface area (Å²) in [6.07, 6.45) is -6.16. The fraction of sp³-hybridized carbons (Fsp3) is 0.218. The van der Waals surface area contributed by atoms with E-state index >= 15 is 0 Å². The molecule has 0 aromatic heterocycles. The van der Waals surface area contributed by atoms with E-state index in [0.717, 1.165) is 29.3 Å². The zero-order valence-corrected chi connectivity index (χ0v) is 39.0. The number of nitrogens with one attached hydrogen (secondary N) is 6. The number of aliphatic hydroxyl groups is 2. The molecule has 0 radical (unpaired) electrons. The third-order valence-corrected chi connectivity index (χ3v) is 12.1. The van der Waals surface area contributed by atoms with Crippen LogP contribution < -0.4 is 31.9 Å². The number of amides is 6. The highest BCUT2D eigenvalue weighted by Crippen LogP contribution is 2.21. The molecule has 6 amide bonds. The monoisotopic (exact) mass is 994 g/mol. The first kappa shape index (κ1) is 52.2. The van der Waals surface area contributed by atoms with E-state index in [9.17, 15) is 57.7 Å². The molecular formula is C55H52F2N6O10. The Labute approximate surface area is 418 Å². The molecule has 0 fully saturated rings. The average molecular weight is 995 g/mol. The van der Waals surface area contributed by atoms with Gasteiger partial charge in [0.2, 0.25) is 23.6 Å². The third-order valence-electron chi connectivity index (χ3n) is 12.1. The average Bonchev–Trinajstić information content (AvgIpc) is 3.39. The van der Waals surface area contributed by atoms with Crippen LogP contribution in [0.1, 0.15) is 27.8 Å². The molecule has 0 aliphatic carbocycles. The number of carboxylic acid groups (broad SMARTS) is 1. The lowest BCUT2D eigenvalue weighted by atomic mass is 9.98. The van der Waals surface area contributed by atoms with Gasteiger partial charge in [-0.15, -0.1) is 0 Å². The van der Waals surface area contributed by atoms with Crippen molar-refractivity contribution in [1.29, 1.82) is 0 Å². The first-order valence-corrected chi connectivity index (χ1v) is 23.3. The second kappa shape index (κ2) is 24.5. The quantitative estimate of drug-likeness (QED) is 0.0810. The Balaban J connectivity index is 1.27. The largest absolute Gasteiger partial charge is 0.480 e. The maximum absolute atomic E-state index is 14.8. The first-order chi connectivity index (χ1) is 35.1. The van der Waals surface area contributed by atoms with Crippen molar-refractivity contribution in [2.45, 2.75) is 74.5 Å². The van der Waals surface area contributed by atoms with Gasteiger partial charge in [-0.25, -0.2) is 13.6 Å². The highest BCUT2D eigenvalue weighted by atomic mass is 19.2. The Morgan fingerprint density at radius 3 is 1.55 bits per heavy atom. The summed E-state index contributed by atoms with van der Waals surface area (Å²) in [5.74, 6) is -10.2. The Morgan fingerprint density at radius 1 is 0.521 bits per heavy atom. The number of aliphatic carboxylic acids is 1. The normalized spacial score (nSPS) is 20.5. The summed E-state index contributed by atoms with van der Waals surface area (Å²) < 4.78 is 28.6. The van der Waals surface area contributed by atoms with E-state index in [1.54, 1.807) is 84.9 Å². The second-order valence-electron chi connectivity index (χ2n) is 17.5. The lowest BCUT2D eigenvalue weighted by Gasteiger charge is -2.27. The van der Waals surface area contributed by atoms with Gasteiger partial charge >= 0.3 is 5.97 Å². The number of aliphatic hydroxyl groups excluding tert-OH is 2. The van der Waals surface area contributed by atoms with Gasteiger partial charge in [0, 0.05) is 37.8 Å². The van der Waals surface area contributed by atoms with Crippen LogP contribution in [0.4, 0.5) is 14.5 Å². The van der Waals surface area contributed by atoms with Gasteiger partial charge in [0.25, 0.3) is 11.8 Å². The number of hydrogen-bond acceptors (Lipinski definition) is 9. The summed E-state index contributed by atoms with van der Waals surface area (Å²) in [6, 6.07) is 34.3. The molecule has 16 nitrogen and oxygen atoms in total. The summed E-state index contributed by atoms with van der Waals surface area (Å²) in [4.78, 5) is 97.5. The van der Waals surface area contributed by atoms with Crippen LogP contribution in [0.5, 0.6) is 0 Å². The molecule has 0 spiro atoms. The number of carbonyl (C=O) groups excluding carboxylic acids is 6. The van der Waals surface area contributed by atoms with Gasteiger partial charge in [0.05, 0.1) is 0 Å². The van der Waals surface area contributed by atoms with Crippen LogP contribution in [0.2, 0.25) is 0 Å². The molecule has 2 aliphatic rings. The molecule has 2 heterocycles. The van der Waals surface area contributed by atoms with E-state index in [-0.39, 0.29) is 36.9 Å². The number of carbonyl (C=O) groups is 7. The van der Waals surface area contributed by atoms with Crippen LogP contribution in [0.3, 0.4) is 0 Å². The van der Waals surface area contributed by atoms with E-state index in [1.807, 2.05) is 30.3 Å². The van der Waals surface area contributed by atoms with E-state index < -0.39 is 102 Å². The van der Waals surface area contributed by atoms with E-state index in [4.69, 9.17) is 0 Å². The van der Waals surface area contributed by atoms with Gasteiger partial charge < -0.3 is 47.2 Å². The fourth-order valence-corrected chi connectivity index (χ4v) is 8.15. The predicted octanol–water partition coefficient (Wildman–Crippen LogP) is 3.33. The van der Waals surface area contributed by atoms with Gasteiger partial charge in [0.1, 0.15) is 30.2 Å². The molecule has 2 aliphatic heterocycles. The smallest absolute Gasteiger partial charge is 0.326 e. The van der Waals surface area contributed by atoms with Gasteiger partial charge in [-0.2, -0.15) is 0 Å². The van der Waals surface area contributed by atoms with Gasteiger partial charge in [-0.05, 0) is 63.2 Å². The van der Waals surface area contributed by atoms with Gasteiger partial charge in [-0.1, -0.05) is 133 Å². The van der Waals surface area contributed by atoms with E-state index in [0.29, 0.717) is 22.3 Å². The number of hydrogen-bond donors (Lipinski definition) is 9. The van der Waals surface area contributed by atoms with Crippen LogP contribution in [0, 0.1) is 11.6 Å². The zero-order valence-electron chi connectivity index (χ0n) is 39.0. The molecule has 0 saturated heterocycles. The summed E-state index contributed by atoms with van der Waals surface area (Å²) in [7, 11) is 0. The molecular weight excluding hydrogens is 943 g/mol. The first-order valence-electron chi connectivity index (χ1n) is 23.3. The van der Waals surface area contributed by atoms with Crippen molar-refractivity contribution >= 4 is 47.1 Å². The SMILES string of the molecule is O=C(O)[C@H](Cc1ccccc1)NC(=O)[C@@H]1Cc2ccc(cc2)NC(=O)[C@H](O)[C@@H](O)C(=O)N[C@H](Cc2ccc(F)c(F)c2)C(=O)N[C@@H](Cc2ccc(-c3ccccc3)cc2)C(=O)N[C@H](Cc2ccccc2)C(=O)N1. The van der Waals surface area contributed by atoms with Crippen LogP contribution in [-0.2, 0) is 65.7 Å². The van der Waals surface area contributed by atoms with Crippen LogP contribution in [0.25, 0.3) is 11.1 Å². The standard InChI is InChI=1S/C55H52F2N6O10/c56-40-25-20-36(26-41(40)57)31-45-51(68)60-43(28-34-16-21-38(22-17-34)37-14-8-3-9-15-37)50(67)59-42(27-32-10-4-1-5-11-32)49(66)61-44(52(69)63-46(55(72)73)30-33-12-6-2-7-13-33)29-35-18-23-39(24-19-35)58-53(70)47(64)48(65)54(71)62-45/h1-26,42-48,64-65H,27-31H2,(H,58,70)(H,59,67)(H,60,68)(H,61,66)(H,62,71)(H,63,69)(H,72,73)/t42-,43+,44+,45-,46+,47-,48-/m1/s1. The van der Waals surface area contributed by atoms with Crippen molar-refractivity contribution in [2.75, 3.05) is 5.32 Å². The van der Waals surface area contributed by atoms with Crippen LogP contribution in [-0.4, -0.2) is 99.1 Å². The number of benzene rings is 6. The van der Waals surface area contributed by atoms with Crippen molar-refractivity contribution in [2.24, 2.45) is 0 Å². The lowest BCUT2D eigenvalue weighted by Crippen LogP contribution is -2.60. The number of rotatable bonds is 12. The van der Waals surface area contributed by atoms with Crippen molar-refractivity contribution in [3.63, 3.8) is 0 Å². The van der Waals surface area contributed by atoms with Gasteiger partial charge in [-0.3, -0.25) is 28.8 Å². The lowest BCUT2D eigenvalue weighted by molar-refractivity contribution is -0.145. The highest BCUT2D eigenvalue weighted by molar-refractivity contribution is 6.00. The summed E-state index contributed by atoms with van der Waals surface area (Å²) >= 11 is 0. The Morgan fingerprint density at radius 2 is 0.986 bits per heavy atom. The topological polar surface area (TPSA) is 252 Å². The Hall–Kier alpha value is -8.61. The highest BCUT2D eigenvalue weighted by Gasteiger charge is 2.36. The van der Waals surface area contributed by atoms with Crippen molar-refractivity contribution in [3.8, 4) is 11.1 Å². The van der Waals surface area contributed by atoms with Crippen molar-refractivity contribution < 1.29 is 57.7 Å². The molecule has 376 valence electrons. The molecule has 2 bridgehead atoms. The number of anilines is 1. The molecule has 73 heavy (non-hydrogen) atoms. The second-order valence-corrected chi connectivity index (χ2v) is 17.5. The van der Waals surface area contributed by atoms with E-state index in [2.05, 4.69) is 31.9 Å². The van der Waals surface area contributed by atoms with E-state index in [1.165, 1.54) is 24.3 Å². The summed E-state index contributed by atoms with van der Waals surface area (Å²) in [5, 5.41) is 47.3. The van der Waals surface area contributed by atoms with Crippen molar-refractivity contribution in [3.05, 3.63) is 197 Å². The minimum absolute atomic E-state index is 0.00784. The minimum atomic E-state index is -2.48. The number of halogens is 2. The molecule has 9 N–H and O–H groups in total. The molecule has 18 heteroatoms. The molecule has 7 atom stereocenters. The summed E-state index contributed by atoms with van der Waals surface area (Å²) in [5.41, 5.74) is 3.88. The Bertz CT molecular complexity index is 2910. The number of carboxylic acids is 1. The maximum atomic E-state index is 14.8. The maximum Gasteiger partial charge on any atom is 0.326 e. The van der Waals surface area contributed by atoms with Crippen LogP contribution >= 0.6 is 0 Å². The summed E-state index contributed by atoms with van der Waals surface area (Å²) in [6.45, 7) is 0. The van der Waals surface area contributed by atoms with Crippen LogP contribution in [0.15, 0.2) is 158 Å². The minimum Gasteiger partial charge on any atom is -0.480 e. The Kier molecular flexibility index (Phi) is 17.5. The fourth-order valence-electron chi connectivity index (χ4n) is 8.15. The molecule has 6 aromatic carbocycles. The molecule has 0 saturated carbocycles. The number of fused-ring (bicyclic) bond motifs is 18. The molecule has 6 aromatic rings. The predicted molar refractivity (Wildman–Crippen MR) is 264 cm³/mol. The van der Waals surface area contributed by atoms with Crippen molar-refractivity contribution in [1.82, 2.24) is 26.6 Å². The van der Waals surface area contributed by atoms with Gasteiger partial charge in [0.15, 0.2) is 23.8 Å². The molecule has 0 unspecified atom stereocenters. The third kappa shape index (κ3) is 14.5.